The van der Waals surface area contributed by atoms with Crippen molar-refractivity contribution in [3.05, 3.63) is 63.7 Å². The maximum atomic E-state index is 12.7. The first-order valence-corrected chi connectivity index (χ1v) is 17.8. The van der Waals surface area contributed by atoms with Gasteiger partial charge in [0.2, 0.25) is 0 Å². The molecule has 4 aliphatic rings. The van der Waals surface area contributed by atoms with Crippen molar-refractivity contribution in [2.24, 2.45) is 17.3 Å². The zero-order valence-corrected chi connectivity index (χ0v) is 27.5. The number of unbranched alkanes of at least 4 members (excludes halogenated alkanes) is 1. The predicted octanol–water partition coefficient (Wildman–Crippen LogP) is 8.32. The van der Waals surface area contributed by atoms with Crippen molar-refractivity contribution < 1.29 is 19.7 Å². The molecular weight excluding hydrogens is 554 g/mol. The Balaban J connectivity index is 1.29. The first kappa shape index (κ1) is 32.4. The van der Waals surface area contributed by atoms with E-state index in [0.29, 0.717) is 31.1 Å². The molecule has 1 aromatic heterocycles. The minimum absolute atomic E-state index is 0.101. The number of aliphatic hydroxyl groups excluding tert-OH is 2. The van der Waals surface area contributed by atoms with Gasteiger partial charge < -0.3 is 14.9 Å². The van der Waals surface area contributed by atoms with E-state index in [1.54, 1.807) is 0 Å². The number of nitrogens with zero attached hydrogens (tertiary/aromatic N) is 1. The number of allylic oxidation sites excluding steroid dienone is 4. The van der Waals surface area contributed by atoms with E-state index in [4.69, 9.17) is 9.72 Å². The normalized spacial score (nSPS) is 32.8. The summed E-state index contributed by atoms with van der Waals surface area (Å²) in [6.07, 6.45) is 24.3. The predicted molar refractivity (Wildman–Crippen MR) is 175 cm³/mol. The molecule has 4 aliphatic carbocycles. The number of hydrogen-bond acceptors (Lipinski definition) is 6. The molecule has 1 aromatic rings. The average molecular weight is 608 g/mol. The molecule has 6 atom stereocenters. The van der Waals surface area contributed by atoms with Gasteiger partial charge >= 0.3 is 5.97 Å². The van der Waals surface area contributed by atoms with Gasteiger partial charge in [-0.3, -0.25) is 4.79 Å². The van der Waals surface area contributed by atoms with E-state index in [2.05, 4.69) is 44.7 Å². The first-order chi connectivity index (χ1) is 20.7. The molecular formula is C37H53NO4S. The Morgan fingerprint density at radius 3 is 2.77 bits per heavy atom. The summed E-state index contributed by atoms with van der Waals surface area (Å²) in [5.41, 5.74) is 3.35. The van der Waals surface area contributed by atoms with Gasteiger partial charge in [0.1, 0.15) is 11.1 Å². The third-order valence-electron chi connectivity index (χ3n) is 11.0. The fourth-order valence-electron chi connectivity index (χ4n) is 8.06. The summed E-state index contributed by atoms with van der Waals surface area (Å²) in [5.74, 6) is 1.06. The second-order valence-electron chi connectivity index (χ2n) is 14.0. The quantitative estimate of drug-likeness (QED) is 0.185. The molecule has 0 aliphatic heterocycles. The minimum atomic E-state index is -0.647. The van der Waals surface area contributed by atoms with Crippen LogP contribution in [0.4, 0.5) is 0 Å². The van der Waals surface area contributed by atoms with Crippen molar-refractivity contribution in [2.75, 3.05) is 0 Å². The molecule has 5 rings (SSSR count). The van der Waals surface area contributed by atoms with E-state index >= 15 is 0 Å². The molecule has 6 heteroatoms. The molecule has 1 heterocycles. The fraction of sp³-hybridized carbons (Fsp3) is 0.676. The lowest BCUT2D eigenvalue weighted by Crippen LogP contribution is -2.33. The molecule has 0 bridgehead atoms. The lowest BCUT2D eigenvalue weighted by atomic mass is 9.63. The molecule has 0 saturated heterocycles. The molecule has 4 fully saturated rings. The van der Waals surface area contributed by atoms with Crippen LogP contribution in [-0.4, -0.2) is 39.5 Å². The molecule has 0 radical (unpaired) electrons. The van der Waals surface area contributed by atoms with Crippen LogP contribution in [0, 0.1) is 17.3 Å². The van der Waals surface area contributed by atoms with Crippen LogP contribution in [0.15, 0.2) is 53.8 Å². The van der Waals surface area contributed by atoms with Crippen molar-refractivity contribution >= 4 is 17.3 Å². The molecule has 236 valence electrons. The zero-order chi connectivity index (χ0) is 30.6. The van der Waals surface area contributed by atoms with Crippen LogP contribution in [-0.2, 0) is 21.4 Å². The second kappa shape index (κ2) is 14.0. The van der Waals surface area contributed by atoms with E-state index in [-0.39, 0.29) is 22.9 Å². The SMILES string of the molecule is C=C1/C(=C\C=C2/CCCC3(C)C(C/C=C/C(OC(=O)CCC)C4(c5ncc(CCCC)s5)CC4)CCC23)CC(O)CC1O. The number of carbonyl (C=O) groups is 1. The van der Waals surface area contributed by atoms with Crippen LogP contribution >= 0.6 is 11.3 Å². The van der Waals surface area contributed by atoms with Gasteiger partial charge in [-0.1, -0.05) is 57.6 Å². The van der Waals surface area contributed by atoms with Crippen LogP contribution in [0.1, 0.15) is 121 Å². The highest BCUT2D eigenvalue weighted by Gasteiger charge is 2.54. The number of aryl methyl sites for hydroxylation is 1. The molecule has 4 saturated carbocycles. The number of fused-ring (bicyclic) bond motifs is 1. The van der Waals surface area contributed by atoms with Gasteiger partial charge in [-0.15, -0.1) is 11.3 Å². The van der Waals surface area contributed by atoms with E-state index in [1.165, 1.54) is 49.0 Å². The summed E-state index contributed by atoms with van der Waals surface area (Å²) in [6.45, 7) is 10.8. The van der Waals surface area contributed by atoms with Crippen LogP contribution in [0.25, 0.3) is 0 Å². The number of carbonyl (C=O) groups excluding carboxylic acids is 1. The maximum absolute atomic E-state index is 12.7. The highest BCUT2D eigenvalue weighted by molar-refractivity contribution is 7.11. The molecule has 43 heavy (non-hydrogen) atoms. The Bertz CT molecular complexity index is 1240. The minimum Gasteiger partial charge on any atom is -0.457 e. The van der Waals surface area contributed by atoms with Gasteiger partial charge in [0.15, 0.2) is 0 Å². The molecule has 6 unspecified atom stereocenters. The van der Waals surface area contributed by atoms with Crippen molar-refractivity contribution in [1.29, 1.82) is 0 Å². The van der Waals surface area contributed by atoms with Crippen LogP contribution in [0.2, 0.25) is 0 Å². The third-order valence-corrected chi connectivity index (χ3v) is 12.2. The Morgan fingerprint density at radius 2 is 2.02 bits per heavy atom. The summed E-state index contributed by atoms with van der Waals surface area (Å²) < 4.78 is 6.17. The van der Waals surface area contributed by atoms with Crippen molar-refractivity contribution in [3.63, 3.8) is 0 Å². The van der Waals surface area contributed by atoms with Crippen molar-refractivity contribution in [1.82, 2.24) is 4.98 Å². The average Bonchev–Trinajstić information content (AvgIpc) is 3.51. The first-order valence-electron chi connectivity index (χ1n) is 17.0. The van der Waals surface area contributed by atoms with Crippen molar-refractivity contribution in [3.8, 4) is 0 Å². The number of hydrogen-bond donors (Lipinski definition) is 2. The summed E-state index contributed by atoms with van der Waals surface area (Å²) in [6, 6.07) is 0. The maximum Gasteiger partial charge on any atom is 0.306 e. The second-order valence-corrected chi connectivity index (χ2v) is 15.1. The smallest absolute Gasteiger partial charge is 0.306 e. The number of thiazole rings is 1. The molecule has 0 aromatic carbocycles. The summed E-state index contributed by atoms with van der Waals surface area (Å²) in [7, 11) is 0. The van der Waals surface area contributed by atoms with E-state index < -0.39 is 12.2 Å². The summed E-state index contributed by atoms with van der Waals surface area (Å²) in [5, 5.41) is 21.6. The number of rotatable bonds is 12. The van der Waals surface area contributed by atoms with E-state index in [9.17, 15) is 15.0 Å². The van der Waals surface area contributed by atoms with Gasteiger partial charge in [-0.25, -0.2) is 4.98 Å². The fourth-order valence-corrected chi connectivity index (χ4v) is 9.29. The van der Waals surface area contributed by atoms with Gasteiger partial charge in [0.25, 0.3) is 0 Å². The van der Waals surface area contributed by atoms with Gasteiger partial charge in [-0.05, 0) is 112 Å². The Labute approximate surface area is 263 Å². The molecule has 0 amide bonds. The Kier molecular flexibility index (Phi) is 10.5. The lowest BCUT2D eigenvalue weighted by Gasteiger charge is -2.42. The van der Waals surface area contributed by atoms with E-state index in [1.807, 2.05) is 24.5 Å². The summed E-state index contributed by atoms with van der Waals surface area (Å²) in [4.78, 5) is 18.9. The number of esters is 1. The standard InChI is InChI=1S/C37H53NO4S/c1-5-7-13-30-24-38-35(43-30)37(20-21-37)33(42-34(41)10-6-2)14-8-12-28-17-18-31-26(11-9-19-36(28,31)4)15-16-27-22-29(39)23-32(40)25(27)3/h8,14-16,24,28-29,31-33,39-40H,3,5-7,9-13,17-23H2,1-2,4H3/b14-8+,26-15+,27-16-. The van der Waals surface area contributed by atoms with E-state index in [0.717, 1.165) is 54.7 Å². The van der Waals surface area contributed by atoms with Crippen LogP contribution < -0.4 is 0 Å². The Hall–Kier alpha value is -2.02. The number of ether oxygens (including phenoxy) is 1. The third kappa shape index (κ3) is 7.12. The Morgan fingerprint density at radius 1 is 1.21 bits per heavy atom. The summed E-state index contributed by atoms with van der Waals surface area (Å²) >= 11 is 1.82. The zero-order valence-electron chi connectivity index (χ0n) is 26.7. The largest absolute Gasteiger partial charge is 0.457 e. The van der Waals surface area contributed by atoms with Crippen LogP contribution in [0.3, 0.4) is 0 Å². The monoisotopic (exact) mass is 607 g/mol. The van der Waals surface area contributed by atoms with Gasteiger partial charge in [0, 0.05) is 23.9 Å². The lowest BCUT2D eigenvalue weighted by molar-refractivity contribution is -0.148. The molecule has 5 nitrogen and oxygen atoms in total. The van der Waals surface area contributed by atoms with Gasteiger partial charge in [0.05, 0.1) is 17.6 Å². The van der Waals surface area contributed by atoms with Crippen molar-refractivity contribution in [2.45, 2.75) is 141 Å². The van der Waals surface area contributed by atoms with Gasteiger partial charge in [-0.2, -0.15) is 0 Å². The van der Waals surface area contributed by atoms with Crippen LogP contribution in [0.5, 0.6) is 0 Å². The molecule has 2 N–H and O–H groups in total. The topological polar surface area (TPSA) is 79.7 Å². The number of aliphatic hydroxyl groups is 2. The highest BCUT2D eigenvalue weighted by Crippen LogP contribution is 2.59. The number of aromatic nitrogens is 1. The highest BCUT2D eigenvalue weighted by atomic mass is 32.1. The molecule has 0 spiro atoms.